The van der Waals surface area contributed by atoms with Gasteiger partial charge in [-0.15, -0.1) is 0 Å². The number of ether oxygens (including phenoxy) is 1. The van der Waals surface area contributed by atoms with Crippen LogP contribution in [0.2, 0.25) is 0 Å². The highest BCUT2D eigenvalue weighted by Crippen LogP contribution is 1.92. The molecule has 0 aliphatic heterocycles. The van der Waals surface area contributed by atoms with Crippen LogP contribution in [-0.4, -0.2) is 18.3 Å². The maximum Gasteiger partial charge on any atom is 0.253 e. The molecule has 1 aromatic rings. The fourth-order valence-corrected chi connectivity index (χ4v) is 1.30. The molecule has 3 nitrogen and oxygen atoms in total. The van der Waals surface area contributed by atoms with Crippen molar-refractivity contribution in [2.24, 2.45) is 0 Å². The first-order valence-corrected chi connectivity index (χ1v) is 4.33. The molecule has 1 aromatic heterocycles. The third-order valence-electron chi connectivity index (χ3n) is 2.13. The Kier molecular flexibility index (Phi) is 3.29. The second kappa shape index (κ2) is 4.26. The van der Waals surface area contributed by atoms with Gasteiger partial charge >= 0.3 is 0 Å². The van der Waals surface area contributed by atoms with E-state index >= 15 is 0 Å². The van der Waals surface area contributed by atoms with Crippen LogP contribution in [0.25, 0.3) is 0 Å². The molecule has 0 fully saturated rings. The topological polar surface area (TPSA) is 18.0 Å². The second-order valence-corrected chi connectivity index (χ2v) is 2.82. The Bertz CT molecular complexity index is 243. The fraction of sp³-hybridized carbons (Fsp3) is 0.667. The van der Waals surface area contributed by atoms with Crippen LogP contribution in [0.1, 0.15) is 12.7 Å². The molecular formula is C9H17N2O+. The Hall–Kier alpha value is -0.830. The third-order valence-corrected chi connectivity index (χ3v) is 2.13. The first-order valence-electron chi connectivity index (χ1n) is 4.33. The van der Waals surface area contributed by atoms with Gasteiger partial charge in [0.2, 0.25) is 0 Å². The lowest BCUT2D eigenvalue weighted by Gasteiger charge is -1.98. The SMILES string of the molecule is CCn1cc[n+](CCOC)c1C. The minimum Gasteiger partial charge on any atom is -0.381 e. The molecule has 0 saturated heterocycles. The lowest BCUT2D eigenvalue weighted by atomic mass is 10.6. The zero-order valence-corrected chi connectivity index (χ0v) is 8.08. The predicted octanol–water partition coefficient (Wildman–Crippen LogP) is 0.750. The normalized spacial score (nSPS) is 10.6. The maximum atomic E-state index is 5.01. The molecule has 0 bridgehead atoms. The molecular weight excluding hydrogens is 152 g/mol. The van der Waals surface area contributed by atoms with Crippen molar-refractivity contribution in [3.63, 3.8) is 0 Å². The van der Waals surface area contributed by atoms with Crippen LogP contribution < -0.4 is 4.57 Å². The van der Waals surface area contributed by atoms with Crippen molar-refractivity contribution >= 4 is 0 Å². The Morgan fingerprint density at radius 2 is 2.33 bits per heavy atom. The van der Waals surface area contributed by atoms with E-state index in [2.05, 4.69) is 35.4 Å². The molecule has 0 aromatic carbocycles. The van der Waals surface area contributed by atoms with Crippen molar-refractivity contribution in [3.05, 3.63) is 18.2 Å². The Morgan fingerprint density at radius 1 is 1.58 bits per heavy atom. The molecule has 0 aliphatic carbocycles. The van der Waals surface area contributed by atoms with Gasteiger partial charge in [0.05, 0.1) is 13.2 Å². The van der Waals surface area contributed by atoms with Gasteiger partial charge in [0.25, 0.3) is 5.82 Å². The van der Waals surface area contributed by atoms with Crippen LogP contribution in [0, 0.1) is 6.92 Å². The summed E-state index contributed by atoms with van der Waals surface area (Å²) in [4.78, 5) is 0. The van der Waals surface area contributed by atoms with E-state index in [-0.39, 0.29) is 0 Å². The summed E-state index contributed by atoms with van der Waals surface area (Å²) in [6, 6.07) is 0. The Labute approximate surface area is 73.6 Å². The van der Waals surface area contributed by atoms with E-state index in [1.165, 1.54) is 5.82 Å². The van der Waals surface area contributed by atoms with Gasteiger partial charge in [-0.05, 0) is 6.92 Å². The zero-order valence-electron chi connectivity index (χ0n) is 8.08. The van der Waals surface area contributed by atoms with Crippen molar-refractivity contribution < 1.29 is 9.30 Å². The number of aryl methyl sites for hydroxylation is 1. The van der Waals surface area contributed by atoms with Gasteiger partial charge in [0.1, 0.15) is 18.9 Å². The zero-order chi connectivity index (χ0) is 8.97. The van der Waals surface area contributed by atoms with Crippen molar-refractivity contribution in [1.82, 2.24) is 4.57 Å². The molecule has 0 aliphatic rings. The van der Waals surface area contributed by atoms with E-state index in [9.17, 15) is 0 Å². The van der Waals surface area contributed by atoms with Gasteiger partial charge in [-0.1, -0.05) is 0 Å². The van der Waals surface area contributed by atoms with Gasteiger partial charge in [0.15, 0.2) is 0 Å². The number of aromatic nitrogens is 2. The second-order valence-electron chi connectivity index (χ2n) is 2.82. The fourth-order valence-electron chi connectivity index (χ4n) is 1.30. The Balaban J connectivity index is 2.66. The van der Waals surface area contributed by atoms with Crippen LogP contribution in [0.4, 0.5) is 0 Å². The van der Waals surface area contributed by atoms with Gasteiger partial charge in [0, 0.05) is 14.0 Å². The molecule has 0 atom stereocenters. The van der Waals surface area contributed by atoms with Gasteiger partial charge in [-0.3, -0.25) is 0 Å². The molecule has 68 valence electrons. The van der Waals surface area contributed by atoms with Crippen molar-refractivity contribution in [1.29, 1.82) is 0 Å². The average Bonchev–Trinajstić information content (AvgIpc) is 2.43. The van der Waals surface area contributed by atoms with Crippen molar-refractivity contribution in [2.75, 3.05) is 13.7 Å². The first kappa shape index (κ1) is 9.26. The number of methoxy groups -OCH3 is 1. The maximum absolute atomic E-state index is 5.01. The summed E-state index contributed by atoms with van der Waals surface area (Å²) in [6.45, 7) is 7.02. The van der Waals surface area contributed by atoms with E-state index in [4.69, 9.17) is 4.74 Å². The highest BCUT2D eigenvalue weighted by atomic mass is 16.5. The van der Waals surface area contributed by atoms with Crippen LogP contribution in [-0.2, 0) is 17.8 Å². The lowest BCUT2D eigenvalue weighted by molar-refractivity contribution is -0.703. The molecule has 0 spiro atoms. The molecule has 1 heterocycles. The minimum atomic E-state index is 0.777. The number of rotatable bonds is 4. The van der Waals surface area contributed by atoms with E-state index in [1.807, 2.05) is 0 Å². The predicted molar refractivity (Wildman–Crippen MR) is 46.9 cm³/mol. The highest BCUT2D eigenvalue weighted by Gasteiger charge is 2.08. The molecule has 0 N–H and O–H groups in total. The quantitative estimate of drug-likeness (QED) is 0.608. The molecule has 3 heteroatoms. The van der Waals surface area contributed by atoms with E-state index in [0.717, 1.165) is 19.7 Å². The van der Waals surface area contributed by atoms with Crippen LogP contribution in [0.3, 0.4) is 0 Å². The number of imidazole rings is 1. The van der Waals surface area contributed by atoms with Crippen LogP contribution >= 0.6 is 0 Å². The first-order chi connectivity index (χ1) is 5.79. The summed E-state index contributed by atoms with van der Waals surface area (Å²) in [7, 11) is 1.73. The summed E-state index contributed by atoms with van der Waals surface area (Å²) >= 11 is 0. The van der Waals surface area contributed by atoms with Gasteiger partial charge in [-0.25, -0.2) is 9.13 Å². The summed E-state index contributed by atoms with van der Waals surface area (Å²) in [5.41, 5.74) is 0. The largest absolute Gasteiger partial charge is 0.381 e. The average molecular weight is 169 g/mol. The van der Waals surface area contributed by atoms with Crippen molar-refractivity contribution in [2.45, 2.75) is 26.9 Å². The Morgan fingerprint density at radius 3 is 2.83 bits per heavy atom. The van der Waals surface area contributed by atoms with Crippen LogP contribution in [0.5, 0.6) is 0 Å². The summed E-state index contributed by atoms with van der Waals surface area (Å²) in [5.74, 6) is 1.29. The lowest BCUT2D eigenvalue weighted by Crippen LogP contribution is -2.37. The molecule has 0 saturated carbocycles. The summed E-state index contributed by atoms with van der Waals surface area (Å²) in [5, 5.41) is 0. The van der Waals surface area contributed by atoms with E-state index < -0.39 is 0 Å². The number of hydrogen-bond acceptors (Lipinski definition) is 1. The highest BCUT2D eigenvalue weighted by molar-refractivity contribution is 4.78. The monoisotopic (exact) mass is 169 g/mol. The summed E-state index contributed by atoms with van der Waals surface area (Å²) in [6.07, 6.45) is 4.20. The number of hydrogen-bond donors (Lipinski definition) is 0. The van der Waals surface area contributed by atoms with Crippen LogP contribution in [0.15, 0.2) is 12.4 Å². The molecule has 12 heavy (non-hydrogen) atoms. The molecule has 1 rings (SSSR count). The van der Waals surface area contributed by atoms with Gasteiger partial charge in [-0.2, -0.15) is 0 Å². The molecule has 0 radical (unpaired) electrons. The third kappa shape index (κ3) is 1.85. The number of nitrogens with zero attached hydrogens (tertiary/aromatic N) is 2. The van der Waals surface area contributed by atoms with Gasteiger partial charge < -0.3 is 4.74 Å². The van der Waals surface area contributed by atoms with Crippen molar-refractivity contribution in [3.8, 4) is 0 Å². The minimum absolute atomic E-state index is 0.777. The molecule has 0 amide bonds. The molecule has 0 unspecified atom stereocenters. The van der Waals surface area contributed by atoms with E-state index in [0.29, 0.717) is 0 Å². The smallest absolute Gasteiger partial charge is 0.253 e. The standard InChI is InChI=1S/C9H17N2O/c1-4-10-5-6-11(9(10)2)7-8-12-3/h5-6H,4,7-8H2,1-3H3/q+1. The summed E-state index contributed by atoms with van der Waals surface area (Å²) < 4.78 is 9.43. The van der Waals surface area contributed by atoms with E-state index in [1.54, 1.807) is 7.11 Å².